The molecule has 0 amide bonds. The van der Waals surface area contributed by atoms with E-state index in [9.17, 15) is 13.6 Å². The van der Waals surface area contributed by atoms with Gasteiger partial charge in [-0.1, -0.05) is 23.7 Å². The van der Waals surface area contributed by atoms with Crippen LogP contribution in [0.3, 0.4) is 0 Å². The van der Waals surface area contributed by atoms with Crippen LogP contribution >= 0.6 is 11.6 Å². The molecule has 0 spiro atoms. The predicted molar refractivity (Wildman–Crippen MR) is 111 cm³/mol. The molecule has 0 aliphatic heterocycles. The van der Waals surface area contributed by atoms with Gasteiger partial charge in [-0.2, -0.15) is 5.10 Å². The number of hydrogen-bond acceptors (Lipinski definition) is 3. The monoisotopic (exact) mass is 422 g/mol. The minimum Gasteiger partial charge on any atom is -0.284 e. The van der Waals surface area contributed by atoms with Gasteiger partial charge in [0.1, 0.15) is 0 Å². The molecule has 148 valence electrons. The van der Waals surface area contributed by atoms with Gasteiger partial charge in [0.15, 0.2) is 17.3 Å². The third kappa shape index (κ3) is 2.78. The molecule has 30 heavy (non-hydrogen) atoms. The number of hydrogen-bond donors (Lipinski definition) is 0. The van der Waals surface area contributed by atoms with Gasteiger partial charge < -0.3 is 0 Å². The van der Waals surface area contributed by atoms with Crippen LogP contribution < -0.4 is 5.56 Å². The van der Waals surface area contributed by atoms with Crippen LogP contribution in [0.15, 0.2) is 65.7 Å². The van der Waals surface area contributed by atoms with Crippen molar-refractivity contribution in [1.29, 1.82) is 0 Å². The second kappa shape index (κ2) is 6.74. The summed E-state index contributed by atoms with van der Waals surface area (Å²) in [7, 11) is 0. The van der Waals surface area contributed by atoms with Crippen molar-refractivity contribution in [2.45, 2.75) is 6.92 Å². The van der Waals surface area contributed by atoms with E-state index in [0.717, 1.165) is 29.0 Å². The maximum atomic E-state index is 13.6. The Morgan fingerprint density at radius 2 is 1.77 bits per heavy atom. The molecule has 0 aliphatic rings. The summed E-state index contributed by atoms with van der Waals surface area (Å²) in [6.07, 6.45) is 2.99. The Morgan fingerprint density at radius 1 is 1.00 bits per heavy atom. The summed E-state index contributed by atoms with van der Waals surface area (Å²) < 4.78 is 29.7. The van der Waals surface area contributed by atoms with E-state index >= 15 is 0 Å². The molecule has 8 heteroatoms. The first-order chi connectivity index (χ1) is 14.4. The number of rotatable bonds is 2. The Labute approximate surface area is 173 Å². The lowest BCUT2D eigenvalue weighted by molar-refractivity contribution is 0.508. The van der Waals surface area contributed by atoms with Crippen LogP contribution in [-0.4, -0.2) is 19.2 Å². The molecule has 0 saturated heterocycles. The zero-order chi connectivity index (χ0) is 21.0. The van der Waals surface area contributed by atoms with E-state index in [1.807, 2.05) is 19.1 Å². The number of pyridine rings is 1. The molecule has 0 unspecified atom stereocenters. The lowest BCUT2D eigenvalue weighted by Gasteiger charge is -2.08. The number of halogens is 3. The van der Waals surface area contributed by atoms with Crippen LogP contribution in [0.2, 0.25) is 5.02 Å². The van der Waals surface area contributed by atoms with E-state index in [1.54, 1.807) is 22.7 Å². The van der Waals surface area contributed by atoms with Gasteiger partial charge in [-0.25, -0.2) is 18.3 Å². The minimum atomic E-state index is -1.02. The van der Waals surface area contributed by atoms with Gasteiger partial charge in [0, 0.05) is 29.0 Å². The average molecular weight is 423 g/mol. The van der Waals surface area contributed by atoms with Crippen molar-refractivity contribution in [2.75, 3.05) is 0 Å². The molecule has 0 atom stereocenters. The molecule has 0 fully saturated rings. The van der Waals surface area contributed by atoms with Crippen LogP contribution in [0, 0.1) is 18.6 Å². The summed E-state index contributed by atoms with van der Waals surface area (Å²) in [4.78, 5) is 17.5. The van der Waals surface area contributed by atoms with E-state index < -0.39 is 17.2 Å². The average Bonchev–Trinajstić information content (AvgIpc) is 3.07. The molecule has 5 rings (SSSR count). The number of aromatic nitrogens is 4. The fraction of sp³-hybridized carbons (Fsp3) is 0.0455. The molecule has 3 aromatic heterocycles. The smallest absolute Gasteiger partial charge is 0.266 e. The fourth-order valence-corrected chi connectivity index (χ4v) is 3.69. The van der Waals surface area contributed by atoms with Crippen LogP contribution in [0.5, 0.6) is 0 Å². The van der Waals surface area contributed by atoms with E-state index in [2.05, 4.69) is 10.1 Å². The van der Waals surface area contributed by atoms with E-state index in [1.165, 1.54) is 23.0 Å². The van der Waals surface area contributed by atoms with Gasteiger partial charge in [-0.3, -0.25) is 9.36 Å². The Bertz CT molecular complexity index is 1510. The molecule has 0 N–H and O–H groups in total. The van der Waals surface area contributed by atoms with Gasteiger partial charge in [-0.05, 0) is 42.8 Å². The summed E-state index contributed by atoms with van der Waals surface area (Å²) in [5.41, 5.74) is 3.49. The molecule has 0 aliphatic carbocycles. The molecular formula is C22H13ClF2N4O. The molecular weight excluding hydrogens is 410 g/mol. The fourth-order valence-electron chi connectivity index (χ4n) is 3.57. The highest BCUT2D eigenvalue weighted by atomic mass is 35.5. The predicted octanol–water partition coefficient (Wildman–Crippen LogP) is 4.94. The zero-order valence-electron chi connectivity index (χ0n) is 15.6. The third-order valence-electron chi connectivity index (χ3n) is 5.00. The van der Waals surface area contributed by atoms with Crippen molar-refractivity contribution in [3.8, 4) is 16.8 Å². The topological polar surface area (TPSA) is 52.2 Å². The molecule has 0 radical (unpaired) electrons. The molecule has 5 aromatic rings. The second-order valence-electron chi connectivity index (χ2n) is 6.85. The van der Waals surface area contributed by atoms with Crippen LogP contribution in [-0.2, 0) is 0 Å². The first-order valence-electron chi connectivity index (χ1n) is 9.05. The first kappa shape index (κ1) is 18.4. The highest BCUT2D eigenvalue weighted by Crippen LogP contribution is 2.29. The minimum absolute atomic E-state index is 0.222. The van der Waals surface area contributed by atoms with E-state index in [-0.39, 0.29) is 5.69 Å². The Morgan fingerprint density at radius 3 is 2.50 bits per heavy atom. The number of nitrogens with zero attached hydrogens (tertiary/aromatic N) is 4. The molecule has 5 nitrogen and oxygen atoms in total. The van der Waals surface area contributed by atoms with Gasteiger partial charge in [0.05, 0.1) is 22.3 Å². The van der Waals surface area contributed by atoms with Crippen LogP contribution in [0.25, 0.3) is 33.4 Å². The van der Waals surface area contributed by atoms with Gasteiger partial charge in [-0.15, -0.1) is 0 Å². The van der Waals surface area contributed by atoms with Crippen molar-refractivity contribution in [2.24, 2.45) is 0 Å². The summed E-state index contributed by atoms with van der Waals surface area (Å²) in [6, 6.07) is 12.4. The maximum absolute atomic E-state index is 13.6. The Hall–Kier alpha value is -3.58. The summed E-state index contributed by atoms with van der Waals surface area (Å²) in [5.74, 6) is -2.00. The Balaban J connectivity index is 1.74. The van der Waals surface area contributed by atoms with Crippen molar-refractivity contribution in [3.63, 3.8) is 0 Å². The summed E-state index contributed by atoms with van der Waals surface area (Å²) >= 11 is 5.99. The maximum Gasteiger partial charge on any atom is 0.266 e. The molecule has 0 bridgehead atoms. The van der Waals surface area contributed by atoms with Crippen molar-refractivity contribution in [1.82, 2.24) is 19.2 Å². The normalized spacial score (nSPS) is 11.5. The number of aryl methyl sites for hydroxylation is 1. The van der Waals surface area contributed by atoms with Crippen LogP contribution in [0.4, 0.5) is 8.78 Å². The molecule has 0 saturated carbocycles. The van der Waals surface area contributed by atoms with Crippen molar-refractivity contribution in [3.05, 3.63) is 93.6 Å². The summed E-state index contributed by atoms with van der Waals surface area (Å²) in [5, 5.41) is 5.51. The van der Waals surface area contributed by atoms with Gasteiger partial charge >= 0.3 is 0 Å². The largest absolute Gasteiger partial charge is 0.284 e. The highest BCUT2D eigenvalue weighted by molar-refractivity contribution is 6.30. The standard InChI is InChI=1S/C22H13ClF2N4O/c1-12-20(13-2-4-14(23)5-3-13)21-26-11-16-19(29(21)27-12)8-9-28(22(16)30)15-6-7-17(24)18(25)10-15/h2-11H,1H3. The van der Waals surface area contributed by atoms with E-state index in [4.69, 9.17) is 11.6 Å². The number of benzene rings is 2. The number of fused-ring (bicyclic) bond motifs is 3. The Kier molecular flexibility index (Phi) is 4.15. The zero-order valence-corrected chi connectivity index (χ0v) is 16.4. The lowest BCUT2D eigenvalue weighted by Crippen LogP contribution is -2.19. The first-order valence-corrected chi connectivity index (χ1v) is 9.43. The molecule has 2 aromatic carbocycles. The van der Waals surface area contributed by atoms with Gasteiger partial charge in [0.25, 0.3) is 5.56 Å². The van der Waals surface area contributed by atoms with Crippen LogP contribution in [0.1, 0.15) is 5.69 Å². The van der Waals surface area contributed by atoms with E-state index in [0.29, 0.717) is 21.6 Å². The van der Waals surface area contributed by atoms with Crippen molar-refractivity contribution < 1.29 is 8.78 Å². The lowest BCUT2D eigenvalue weighted by atomic mass is 10.1. The van der Waals surface area contributed by atoms with Gasteiger partial charge in [0.2, 0.25) is 0 Å². The summed E-state index contributed by atoms with van der Waals surface area (Å²) in [6.45, 7) is 1.87. The molecule has 3 heterocycles. The SMILES string of the molecule is Cc1nn2c(ncc3c(=O)n(-c4ccc(F)c(F)c4)ccc32)c1-c1ccc(Cl)cc1. The highest BCUT2D eigenvalue weighted by Gasteiger charge is 2.17. The van der Waals surface area contributed by atoms with Crippen molar-refractivity contribution >= 4 is 28.2 Å². The third-order valence-corrected chi connectivity index (χ3v) is 5.25. The second-order valence-corrected chi connectivity index (χ2v) is 7.29. The quantitative estimate of drug-likeness (QED) is 0.405.